The maximum atomic E-state index is 13.3. The van der Waals surface area contributed by atoms with E-state index in [4.69, 9.17) is 11.5 Å². The van der Waals surface area contributed by atoms with Gasteiger partial charge >= 0.3 is 5.97 Å². The number of aromatic nitrogens is 4. The van der Waals surface area contributed by atoms with Gasteiger partial charge in [0.1, 0.15) is 12.1 Å². The van der Waals surface area contributed by atoms with Crippen molar-refractivity contribution >= 4 is 75.7 Å². The first-order chi connectivity index (χ1) is 28.3. The number of nitrogen functional groups attached to an aromatic ring is 2. The van der Waals surface area contributed by atoms with E-state index in [1.807, 2.05) is 11.9 Å². The molecule has 6 amide bonds. The van der Waals surface area contributed by atoms with Crippen LogP contribution in [-0.4, -0.2) is 104 Å². The quantitative estimate of drug-likeness (QED) is 0.0552. The SMILES string of the molecule is CN(Cc1cnc2nc(N)nc(N)c2n1)c1ccc(C(=O)NC(CCC(=O)NCCCCCCNc2cccc3c2C(=O)N(C2CCC(=O)NC2=O)C3=O)C(=O)O)cc1. The Morgan fingerprint density at radius 1 is 0.966 bits per heavy atom. The first-order valence-corrected chi connectivity index (χ1v) is 19.1. The number of carboxylic acid groups (broad SMARTS) is 1. The fourth-order valence-electron chi connectivity index (χ4n) is 6.84. The summed E-state index contributed by atoms with van der Waals surface area (Å²) < 4.78 is 0. The summed E-state index contributed by atoms with van der Waals surface area (Å²) in [6, 6.07) is 9.14. The lowest BCUT2D eigenvalue weighted by atomic mass is 10.0. The van der Waals surface area contributed by atoms with Crippen LogP contribution in [0.5, 0.6) is 0 Å². The Labute approximate surface area is 337 Å². The number of piperidine rings is 1. The van der Waals surface area contributed by atoms with Crippen LogP contribution in [0.15, 0.2) is 48.7 Å². The Morgan fingerprint density at radius 2 is 1.71 bits per heavy atom. The van der Waals surface area contributed by atoms with Crippen molar-refractivity contribution < 1.29 is 38.7 Å². The number of hydrogen-bond donors (Lipinski definition) is 7. The second-order valence-electron chi connectivity index (χ2n) is 14.2. The topological polar surface area (TPSA) is 298 Å². The first kappa shape index (κ1) is 41.4. The Balaban J connectivity index is 0.874. The number of imide groups is 2. The zero-order chi connectivity index (χ0) is 42.2. The van der Waals surface area contributed by atoms with Crippen molar-refractivity contribution in [3.05, 3.63) is 71.0 Å². The summed E-state index contributed by atoms with van der Waals surface area (Å²) in [7, 11) is 1.82. The van der Waals surface area contributed by atoms with Gasteiger partial charge in [0.25, 0.3) is 17.7 Å². The van der Waals surface area contributed by atoms with Gasteiger partial charge in [0, 0.05) is 49.9 Å². The summed E-state index contributed by atoms with van der Waals surface area (Å²) in [6.45, 7) is 1.25. The lowest BCUT2D eigenvalue weighted by Crippen LogP contribution is -2.54. The molecule has 20 heteroatoms. The lowest BCUT2D eigenvalue weighted by molar-refractivity contribution is -0.140. The van der Waals surface area contributed by atoms with Gasteiger partial charge in [-0.2, -0.15) is 9.97 Å². The van der Waals surface area contributed by atoms with E-state index < -0.39 is 47.6 Å². The van der Waals surface area contributed by atoms with Crippen molar-refractivity contribution in [1.29, 1.82) is 0 Å². The molecule has 0 radical (unpaired) electrons. The van der Waals surface area contributed by atoms with E-state index in [1.54, 1.807) is 42.6 Å². The number of carbonyl (C=O) groups excluding carboxylic acids is 6. The van der Waals surface area contributed by atoms with Crippen LogP contribution in [0.2, 0.25) is 0 Å². The fraction of sp³-hybridized carbons (Fsp3) is 0.359. The molecule has 4 heterocycles. The van der Waals surface area contributed by atoms with Gasteiger partial charge in [-0.3, -0.25) is 39.0 Å². The smallest absolute Gasteiger partial charge is 0.326 e. The molecule has 2 aliphatic heterocycles. The van der Waals surface area contributed by atoms with Gasteiger partial charge in [0.15, 0.2) is 17.0 Å². The third-order valence-corrected chi connectivity index (χ3v) is 9.94. The van der Waals surface area contributed by atoms with Gasteiger partial charge in [-0.25, -0.2) is 14.8 Å². The number of unbranched alkanes of at least 4 members (excludes halogenated alkanes) is 3. The van der Waals surface area contributed by atoms with Gasteiger partial charge < -0.3 is 37.4 Å². The third kappa shape index (κ3) is 9.83. The van der Waals surface area contributed by atoms with Crippen molar-refractivity contribution in [2.75, 3.05) is 41.8 Å². The van der Waals surface area contributed by atoms with E-state index in [0.29, 0.717) is 43.0 Å². The maximum Gasteiger partial charge on any atom is 0.326 e. The summed E-state index contributed by atoms with van der Waals surface area (Å²) in [6.07, 6.45) is 4.48. The Kier molecular flexibility index (Phi) is 12.9. The highest BCUT2D eigenvalue weighted by molar-refractivity contribution is 6.25. The molecule has 0 saturated carbocycles. The summed E-state index contributed by atoms with van der Waals surface area (Å²) in [4.78, 5) is 107. The fourth-order valence-corrected chi connectivity index (χ4v) is 6.84. The zero-order valence-corrected chi connectivity index (χ0v) is 32.2. The monoisotopic (exact) mass is 808 g/mol. The molecule has 1 saturated heterocycles. The lowest BCUT2D eigenvalue weighted by Gasteiger charge is -2.27. The zero-order valence-electron chi connectivity index (χ0n) is 32.2. The number of nitrogens with one attached hydrogen (secondary N) is 4. The number of nitrogens with zero attached hydrogens (tertiary/aromatic N) is 6. The molecule has 4 aromatic rings. The molecule has 20 nitrogen and oxygen atoms in total. The molecule has 0 spiro atoms. The molecule has 59 heavy (non-hydrogen) atoms. The van der Waals surface area contributed by atoms with E-state index >= 15 is 0 Å². The molecule has 1 fully saturated rings. The van der Waals surface area contributed by atoms with Gasteiger partial charge in [0.05, 0.1) is 29.6 Å². The molecule has 2 aromatic heterocycles. The number of nitrogens with two attached hydrogens (primary N) is 2. The van der Waals surface area contributed by atoms with E-state index in [-0.39, 0.29) is 65.7 Å². The number of carbonyl (C=O) groups is 7. The summed E-state index contributed by atoms with van der Waals surface area (Å²) in [5.41, 5.74) is 14.6. The average Bonchev–Trinajstić information content (AvgIpc) is 3.46. The van der Waals surface area contributed by atoms with Crippen molar-refractivity contribution in [3.63, 3.8) is 0 Å². The van der Waals surface area contributed by atoms with Crippen LogP contribution < -0.4 is 37.6 Å². The van der Waals surface area contributed by atoms with Crippen molar-refractivity contribution in [2.24, 2.45) is 0 Å². The first-order valence-electron chi connectivity index (χ1n) is 19.1. The van der Waals surface area contributed by atoms with Crippen LogP contribution in [-0.2, 0) is 25.7 Å². The Bertz CT molecular complexity index is 2300. The van der Waals surface area contributed by atoms with E-state index in [1.165, 1.54) is 6.07 Å². The Hall–Kier alpha value is -7.25. The molecule has 2 unspecified atom stereocenters. The van der Waals surface area contributed by atoms with Crippen molar-refractivity contribution in [2.45, 2.75) is 70.0 Å². The second-order valence-corrected chi connectivity index (χ2v) is 14.2. The van der Waals surface area contributed by atoms with Crippen LogP contribution in [0.3, 0.4) is 0 Å². The normalized spacial score (nSPS) is 15.4. The van der Waals surface area contributed by atoms with Gasteiger partial charge in [-0.05, 0) is 62.1 Å². The number of fused-ring (bicyclic) bond motifs is 2. The highest BCUT2D eigenvalue weighted by atomic mass is 16.4. The standard InChI is InChI=1S/C39H44N12O8/c1-50(20-22-19-44-33-31(45-22)32(40)48-39(41)49-33)23-11-9-21(10-12-23)34(54)46-26(38(58)59)13-15-28(52)43-18-5-3-2-4-17-42-25-8-6-7-24-30(25)37(57)51(36(24)56)27-14-16-29(53)47-35(27)55/h6-12,19,26-27,42H,2-5,13-18,20H2,1H3,(H,43,52)(H,46,54)(H,58,59)(H,47,53,55)(H4,40,41,44,48,49). The molecular weight excluding hydrogens is 765 g/mol. The van der Waals surface area contributed by atoms with E-state index in [2.05, 4.69) is 41.2 Å². The van der Waals surface area contributed by atoms with E-state index in [9.17, 15) is 38.7 Å². The summed E-state index contributed by atoms with van der Waals surface area (Å²) in [5.74, 6) is -4.32. The van der Waals surface area contributed by atoms with Crippen LogP contribution in [0.1, 0.15) is 88.1 Å². The number of benzene rings is 2. The predicted octanol–water partition coefficient (Wildman–Crippen LogP) is 1.37. The van der Waals surface area contributed by atoms with Gasteiger partial charge in [-0.1, -0.05) is 18.9 Å². The minimum atomic E-state index is -1.28. The number of rotatable bonds is 18. The number of carboxylic acids is 1. The average molecular weight is 809 g/mol. The number of amides is 6. The molecular formula is C39H44N12O8. The number of anilines is 4. The van der Waals surface area contributed by atoms with Crippen LogP contribution >= 0.6 is 0 Å². The largest absolute Gasteiger partial charge is 0.480 e. The number of aliphatic carboxylic acids is 1. The molecule has 2 aliphatic rings. The van der Waals surface area contributed by atoms with Crippen molar-refractivity contribution in [1.82, 2.24) is 40.8 Å². The van der Waals surface area contributed by atoms with Crippen molar-refractivity contribution in [3.8, 4) is 0 Å². The number of hydrogen-bond acceptors (Lipinski definition) is 15. The molecule has 2 atom stereocenters. The van der Waals surface area contributed by atoms with E-state index in [0.717, 1.165) is 29.8 Å². The minimum absolute atomic E-state index is 0.00184. The maximum absolute atomic E-state index is 13.3. The van der Waals surface area contributed by atoms with Gasteiger partial charge in [0.2, 0.25) is 23.7 Å². The second kappa shape index (κ2) is 18.3. The predicted molar refractivity (Wildman–Crippen MR) is 214 cm³/mol. The molecule has 2 aromatic carbocycles. The van der Waals surface area contributed by atoms with Crippen LogP contribution in [0.25, 0.3) is 11.2 Å². The van der Waals surface area contributed by atoms with Crippen LogP contribution in [0, 0.1) is 0 Å². The molecule has 9 N–H and O–H groups in total. The third-order valence-electron chi connectivity index (χ3n) is 9.94. The summed E-state index contributed by atoms with van der Waals surface area (Å²) >= 11 is 0. The molecule has 0 bridgehead atoms. The molecule has 6 rings (SSSR count). The molecule has 0 aliphatic carbocycles. The highest BCUT2D eigenvalue weighted by Gasteiger charge is 2.45. The minimum Gasteiger partial charge on any atom is -0.480 e. The highest BCUT2D eigenvalue weighted by Crippen LogP contribution is 2.32. The molecule has 308 valence electrons. The van der Waals surface area contributed by atoms with Crippen LogP contribution in [0.4, 0.5) is 23.1 Å². The Morgan fingerprint density at radius 3 is 2.44 bits per heavy atom. The van der Waals surface area contributed by atoms with Gasteiger partial charge in [-0.15, -0.1) is 0 Å². The summed E-state index contributed by atoms with van der Waals surface area (Å²) in [5, 5.41) is 20.4.